The third kappa shape index (κ3) is 3.23. The highest BCUT2D eigenvalue weighted by Gasteiger charge is 2.89. The molecule has 2 aromatic carbocycles. The zero-order valence-electron chi connectivity index (χ0n) is 26.0. The van der Waals surface area contributed by atoms with Gasteiger partial charge in [-0.05, 0) is 60.8 Å². The van der Waals surface area contributed by atoms with Gasteiger partial charge in [-0.25, -0.2) is 9.59 Å². The van der Waals surface area contributed by atoms with Crippen LogP contribution in [-0.2, 0) is 37.0 Å². The van der Waals surface area contributed by atoms with E-state index in [1.807, 2.05) is 12.1 Å². The summed E-state index contributed by atoms with van der Waals surface area (Å²) in [4.78, 5) is 29.7. The number of fused-ring (bicyclic) bond motifs is 20. The van der Waals surface area contributed by atoms with Crippen molar-refractivity contribution in [1.82, 2.24) is 0 Å². The molecule has 47 heavy (non-hydrogen) atoms. The first-order valence-corrected chi connectivity index (χ1v) is 16.5. The molecule has 10 unspecified atom stereocenters. The van der Waals surface area contributed by atoms with Crippen LogP contribution in [0.5, 0.6) is 11.5 Å². The van der Waals surface area contributed by atoms with E-state index in [1.165, 1.54) is 0 Å². The fourth-order valence-electron chi connectivity index (χ4n) is 11.3. The van der Waals surface area contributed by atoms with Gasteiger partial charge in [0, 0.05) is 45.6 Å². The summed E-state index contributed by atoms with van der Waals surface area (Å²) in [5, 5.41) is 1.92. The topological polar surface area (TPSA) is 107 Å². The number of carbonyl (C=O) groups excluding carboxylic acids is 2. The molecule has 0 N–H and O–H groups in total. The smallest absolute Gasteiger partial charge is 0.339 e. The van der Waals surface area contributed by atoms with Crippen molar-refractivity contribution in [1.29, 1.82) is 0 Å². The lowest BCUT2D eigenvalue weighted by molar-refractivity contribution is -0.192. The Kier molecular flexibility index (Phi) is 5.60. The fourth-order valence-corrected chi connectivity index (χ4v) is 11.3. The van der Waals surface area contributed by atoms with Crippen molar-refractivity contribution in [2.45, 2.75) is 49.1 Å². The number of ether oxygens (including phenoxy) is 5. The molecule has 2 saturated heterocycles. The van der Waals surface area contributed by atoms with Crippen molar-refractivity contribution in [3.8, 4) is 11.5 Å². The number of carbonyl (C=O) groups is 2. The molecule has 6 bridgehead atoms. The van der Waals surface area contributed by atoms with Crippen molar-refractivity contribution < 1.29 is 42.1 Å². The number of rotatable bonds is 8. The van der Waals surface area contributed by atoms with Crippen LogP contribution in [0.15, 0.2) is 82.0 Å². The lowest BCUT2D eigenvalue weighted by Crippen LogP contribution is -2.60. The van der Waals surface area contributed by atoms with Crippen LogP contribution in [0.1, 0.15) is 47.3 Å². The normalized spacial score (nSPS) is 36.0. The SMILES string of the molecule is COc1c2c(c(OC)c3ccccc13)C1CC2C2C1C1(C(=O)OCc3ccco3)OC2(C(=O)OCc2ccco2)C2C3C=CC(C3)C21. The van der Waals surface area contributed by atoms with E-state index in [1.54, 1.807) is 51.0 Å². The maximum atomic E-state index is 14.8. The zero-order chi connectivity index (χ0) is 31.7. The summed E-state index contributed by atoms with van der Waals surface area (Å²) in [6.07, 6.45) is 9.18. The second-order valence-corrected chi connectivity index (χ2v) is 13.9. The van der Waals surface area contributed by atoms with E-state index >= 15 is 0 Å². The maximum Gasteiger partial charge on any atom is 0.339 e. The third-order valence-corrected chi connectivity index (χ3v) is 12.4. The second kappa shape index (κ2) is 9.53. The van der Waals surface area contributed by atoms with E-state index in [9.17, 15) is 9.59 Å². The van der Waals surface area contributed by atoms with Gasteiger partial charge in [-0.2, -0.15) is 0 Å². The van der Waals surface area contributed by atoms with Crippen LogP contribution in [0, 0.1) is 35.5 Å². The molecular formula is C38H34O9. The molecule has 2 aliphatic heterocycles. The average Bonchev–Trinajstić information content (AvgIpc) is 3.94. The summed E-state index contributed by atoms with van der Waals surface area (Å²) in [5.41, 5.74) is -0.593. The summed E-state index contributed by atoms with van der Waals surface area (Å²) < 4.78 is 42.9. The first-order valence-electron chi connectivity index (χ1n) is 16.5. The predicted octanol–water partition coefficient (Wildman–Crippen LogP) is 6.31. The van der Waals surface area contributed by atoms with E-state index in [4.69, 9.17) is 32.5 Å². The summed E-state index contributed by atoms with van der Waals surface area (Å²) in [6.45, 7) is -0.0316. The minimum absolute atomic E-state index is 0.0158. The predicted molar refractivity (Wildman–Crippen MR) is 165 cm³/mol. The average molecular weight is 635 g/mol. The monoisotopic (exact) mass is 634 g/mol. The molecule has 9 nitrogen and oxygen atoms in total. The Balaban J connectivity index is 1.18. The van der Waals surface area contributed by atoms with Gasteiger partial charge in [0.25, 0.3) is 0 Å². The number of esters is 2. The van der Waals surface area contributed by atoms with Gasteiger partial charge in [-0.1, -0.05) is 36.4 Å². The number of benzene rings is 2. The lowest BCUT2D eigenvalue weighted by atomic mass is 9.50. The number of methoxy groups -OCH3 is 2. The molecule has 0 amide bonds. The molecule has 240 valence electrons. The van der Waals surface area contributed by atoms with Gasteiger partial charge in [0.1, 0.15) is 36.2 Å². The summed E-state index contributed by atoms with van der Waals surface area (Å²) >= 11 is 0. The Morgan fingerprint density at radius 3 is 1.60 bits per heavy atom. The lowest BCUT2D eigenvalue weighted by Gasteiger charge is -2.48. The molecule has 9 heteroatoms. The zero-order valence-corrected chi connectivity index (χ0v) is 26.0. The summed E-state index contributed by atoms with van der Waals surface area (Å²) in [6, 6.07) is 15.2. The Morgan fingerprint density at radius 1 is 0.681 bits per heavy atom. The molecule has 0 radical (unpaired) electrons. The molecule has 4 aliphatic carbocycles. The van der Waals surface area contributed by atoms with Crippen molar-refractivity contribution in [2.75, 3.05) is 14.2 Å². The highest BCUT2D eigenvalue weighted by molar-refractivity contribution is 5.98. The molecule has 10 atom stereocenters. The van der Waals surface area contributed by atoms with E-state index in [2.05, 4.69) is 24.3 Å². The van der Waals surface area contributed by atoms with E-state index in [0.29, 0.717) is 11.5 Å². The van der Waals surface area contributed by atoms with Crippen LogP contribution >= 0.6 is 0 Å². The first kappa shape index (κ1) is 27.6. The molecule has 10 rings (SSSR count). The Labute approximate surface area is 270 Å². The van der Waals surface area contributed by atoms with E-state index in [-0.39, 0.29) is 60.6 Å². The third-order valence-electron chi connectivity index (χ3n) is 12.4. The van der Waals surface area contributed by atoms with Crippen molar-refractivity contribution in [2.24, 2.45) is 35.5 Å². The number of hydrogen-bond acceptors (Lipinski definition) is 9. The molecule has 0 spiro atoms. The van der Waals surface area contributed by atoms with Crippen molar-refractivity contribution in [3.63, 3.8) is 0 Å². The van der Waals surface area contributed by atoms with Crippen molar-refractivity contribution >= 4 is 22.7 Å². The highest BCUT2D eigenvalue weighted by Crippen LogP contribution is 2.82. The van der Waals surface area contributed by atoms with Gasteiger partial charge < -0.3 is 32.5 Å². The summed E-state index contributed by atoms with van der Waals surface area (Å²) in [5.74, 6) is 0.667. The first-order chi connectivity index (χ1) is 23.0. The van der Waals surface area contributed by atoms with E-state index < -0.39 is 23.1 Å². The molecule has 4 fully saturated rings. The molecule has 2 aromatic heterocycles. The van der Waals surface area contributed by atoms with Crippen LogP contribution in [-0.4, -0.2) is 37.4 Å². The standard InChI is InChI=1S/C38H34O9/c1-41-33-23-9-3-4-10-24(23)34(42-2)28-26-16-25(27(28)33)31-32(26)38(36(40)46-18-22-8-6-14-44-22)30-20-12-11-19(15-20)29(30)37(31,47-38)35(39)45-17-21-7-5-13-43-21/h3-14,19-20,25-26,29-32H,15-18H2,1-2H3. The molecule has 2 saturated carbocycles. The van der Waals surface area contributed by atoms with Gasteiger partial charge in [-0.15, -0.1) is 0 Å². The Morgan fingerprint density at radius 2 is 1.17 bits per heavy atom. The second-order valence-electron chi connectivity index (χ2n) is 13.9. The van der Waals surface area contributed by atoms with Gasteiger partial charge in [0.2, 0.25) is 0 Å². The number of allylic oxidation sites excluding steroid dienone is 2. The Bertz CT molecular complexity index is 1820. The molecule has 6 aliphatic rings. The van der Waals surface area contributed by atoms with Crippen LogP contribution in [0.2, 0.25) is 0 Å². The quantitative estimate of drug-likeness (QED) is 0.163. The number of hydrogen-bond donors (Lipinski definition) is 0. The van der Waals surface area contributed by atoms with Crippen LogP contribution in [0.25, 0.3) is 10.8 Å². The largest absolute Gasteiger partial charge is 0.496 e. The van der Waals surface area contributed by atoms with Gasteiger partial charge >= 0.3 is 11.9 Å². The van der Waals surface area contributed by atoms with Crippen molar-refractivity contribution in [3.05, 3.63) is 95.9 Å². The number of furan rings is 2. The molecule has 4 aromatic rings. The van der Waals surface area contributed by atoms with Gasteiger partial charge in [0.15, 0.2) is 11.2 Å². The molecular weight excluding hydrogens is 600 g/mol. The maximum absolute atomic E-state index is 14.8. The Hall–Kier alpha value is -4.50. The van der Waals surface area contributed by atoms with Crippen LogP contribution < -0.4 is 9.47 Å². The summed E-state index contributed by atoms with van der Waals surface area (Å²) in [7, 11) is 3.40. The molecule has 4 heterocycles. The minimum Gasteiger partial charge on any atom is -0.496 e. The van der Waals surface area contributed by atoms with Crippen LogP contribution in [0.3, 0.4) is 0 Å². The minimum atomic E-state index is -1.35. The van der Waals surface area contributed by atoms with Gasteiger partial charge in [0.05, 0.1) is 26.7 Å². The highest BCUT2D eigenvalue weighted by atomic mass is 16.6. The van der Waals surface area contributed by atoms with Gasteiger partial charge in [-0.3, -0.25) is 0 Å². The van der Waals surface area contributed by atoms with E-state index in [0.717, 1.165) is 46.2 Å². The fraction of sp³-hybridized carbons (Fsp3) is 0.421. The van der Waals surface area contributed by atoms with Crippen LogP contribution in [0.4, 0.5) is 0 Å².